The average molecular weight is 446 g/mol. The minimum atomic E-state index is -0.120. The molecule has 0 bridgehead atoms. The molecule has 134 valence electrons. The maximum absolute atomic E-state index is 6.33. The van der Waals surface area contributed by atoms with E-state index in [1.165, 1.54) is 11.3 Å². The first kappa shape index (κ1) is 18.9. The van der Waals surface area contributed by atoms with E-state index < -0.39 is 0 Å². The highest BCUT2D eigenvalue weighted by Crippen LogP contribution is 2.40. The normalized spacial score (nSPS) is 11.3. The highest BCUT2D eigenvalue weighted by molar-refractivity contribution is 7.23. The Morgan fingerprint density at radius 1 is 1.19 bits per heavy atom. The van der Waals surface area contributed by atoms with Gasteiger partial charge in [-0.25, -0.2) is 4.98 Å². The van der Waals surface area contributed by atoms with Gasteiger partial charge in [0.25, 0.3) is 0 Å². The first-order chi connectivity index (χ1) is 12.0. The van der Waals surface area contributed by atoms with Crippen LogP contribution in [0.3, 0.4) is 0 Å². The number of aromatic nitrogens is 2. The predicted molar refractivity (Wildman–Crippen MR) is 115 cm³/mol. The molecule has 0 unspecified atom stereocenters. The summed E-state index contributed by atoms with van der Waals surface area (Å²) in [6.07, 6.45) is 1.57. The van der Waals surface area contributed by atoms with Gasteiger partial charge in [-0.1, -0.05) is 46.7 Å². The van der Waals surface area contributed by atoms with E-state index in [2.05, 4.69) is 10.2 Å². The Morgan fingerprint density at radius 2 is 1.96 bits per heavy atom. The third-order valence-electron chi connectivity index (χ3n) is 3.45. The number of fused-ring (bicyclic) bond motifs is 3. The summed E-state index contributed by atoms with van der Waals surface area (Å²) >= 11 is 15.3. The van der Waals surface area contributed by atoms with E-state index in [0.717, 1.165) is 26.4 Å². The first-order valence-electron chi connectivity index (χ1n) is 7.02. The number of hydrogen-bond acceptors (Lipinski definition) is 5. The lowest BCUT2D eigenvalue weighted by molar-refractivity contribution is 1.20. The van der Waals surface area contributed by atoms with Crippen molar-refractivity contribution in [2.24, 2.45) is 21.7 Å². The van der Waals surface area contributed by atoms with Crippen LogP contribution in [0.1, 0.15) is 5.69 Å². The zero-order valence-corrected chi connectivity index (χ0v) is 16.8. The van der Waals surface area contributed by atoms with Crippen LogP contribution in [0.25, 0.3) is 26.4 Å². The number of para-hydroxylation sites is 1. The summed E-state index contributed by atoms with van der Waals surface area (Å²) in [5.41, 5.74) is 13.9. The molecule has 0 aliphatic heterocycles. The fourth-order valence-corrected chi connectivity index (χ4v) is 5.01. The molecular weight excluding hydrogens is 435 g/mol. The van der Waals surface area contributed by atoms with Gasteiger partial charge in [-0.15, -0.1) is 28.8 Å². The number of rotatable bonds is 3. The molecule has 4 N–H and O–H groups in total. The van der Waals surface area contributed by atoms with E-state index in [9.17, 15) is 0 Å². The number of thiophene rings is 1. The van der Waals surface area contributed by atoms with Gasteiger partial charge in [0, 0.05) is 5.56 Å². The molecule has 0 aliphatic rings. The number of halogens is 3. The van der Waals surface area contributed by atoms with E-state index >= 15 is 0 Å². The van der Waals surface area contributed by atoms with Gasteiger partial charge in [0.1, 0.15) is 10.0 Å². The van der Waals surface area contributed by atoms with E-state index in [0.29, 0.717) is 14.4 Å². The number of hydrogen-bond donors (Lipinski definition) is 2. The standard InChI is InChI=1S/C15H10Cl2N6S2.ClH/c16-11-5-7(13(17)25-11)12-9(6-20-22-14(18)19)23-8-3-1-2-4-10(8)24-15(23)21-12;/h1-6H,(H4,18,19,22);1H/b20-6+;. The zero-order valence-electron chi connectivity index (χ0n) is 12.9. The number of nitrogens with zero attached hydrogens (tertiary/aromatic N) is 4. The quantitative estimate of drug-likeness (QED) is 0.274. The van der Waals surface area contributed by atoms with Crippen LogP contribution >= 0.6 is 58.3 Å². The summed E-state index contributed by atoms with van der Waals surface area (Å²) in [5.74, 6) is -0.120. The monoisotopic (exact) mass is 444 g/mol. The Morgan fingerprint density at radius 3 is 2.65 bits per heavy atom. The molecule has 0 aliphatic carbocycles. The third-order valence-corrected chi connectivity index (χ3v) is 5.96. The second kappa shape index (κ2) is 7.42. The van der Waals surface area contributed by atoms with Crippen molar-refractivity contribution in [2.75, 3.05) is 0 Å². The highest BCUT2D eigenvalue weighted by Gasteiger charge is 2.20. The maximum atomic E-state index is 6.33. The summed E-state index contributed by atoms with van der Waals surface area (Å²) in [7, 11) is 0. The molecule has 11 heteroatoms. The van der Waals surface area contributed by atoms with Gasteiger partial charge in [-0.2, -0.15) is 5.10 Å². The molecule has 0 fully saturated rings. The van der Waals surface area contributed by atoms with Crippen LogP contribution in [-0.2, 0) is 0 Å². The molecule has 6 nitrogen and oxygen atoms in total. The summed E-state index contributed by atoms with van der Waals surface area (Å²) in [6.45, 7) is 0. The fourth-order valence-electron chi connectivity index (χ4n) is 2.51. The second-order valence-corrected chi connectivity index (χ2v) is 8.34. The van der Waals surface area contributed by atoms with Crippen molar-refractivity contribution in [1.29, 1.82) is 0 Å². The minimum absolute atomic E-state index is 0. The van der Waals surface area contributed by atoms with Crippen LogP contribution in [0.2, 0.25) is 8.67 Å². The van der Waals surface area contributed by atoms with Gasteiger partial charge in [-0.05, 0) is 18.2 Å². The summed E-state index contributed by atoms with van der Waals surface area (Å²) in [6, 6.07) is 9.81. The van der Waals surface area contributed by atoms with Crippen LogP contribution in [0.15, 0.2) is 40.5 Å². The van der Waals surface area contributed by atoms with E-state index in [1.54, 1.807) is 23.6 Å². The van der Waals surface area contributed by atoms with Crippen molar-refractivity contribution >= 4 is 85.6 Å². The van der Waals surface area contributed by atoms with Gasteiger partial charge in [0.2, 0.25) is 5.96 Å². The molecule has 26 heavy (non-hydrogen) atoms. The smallest absolute Gasteiger partial charge is 0.211 e. The van der Waals surface area contributed by atoms with Crippen molar-refractivity contribution in [3.05, 3.63) is 44.7 Å². The molecule has 1 aromatic carbocycles. The lowest BCUT2D eigenvalue weighted by Crippen LogP contribution is -2.21. The summed E-state index contributed by atoms with van der Waals surface area (Å²) in [4.78, 5) is 5.56. The molecular formula is C15H11Cl3N6S2. The lowest BCUT2D eigenvalue weighted by Gasteiger charge is -1.99. The van der Waals surface area contributed by atoms with Crippen molar-refractivity contribution in [2.45, 2.75) is 0 Å². The van der Waals surface area contributed by atoms with E-state index in [4.69, 9.17) is 39.7 Å². The maximum Gasteiger partial charge on any atom is 0.211 e. The molecule has 0 saturated carbocycles. The largest absolute Gasteiger partial charge is 0.369 e. The van der Waals surface area contributed by atoms with Crippen LogP contribution in [0.4, 0.5) is 0 Å². The zero-order chi connectivity index (χ0) is 17.6. The molecule has 4 rings (SSSR count). The number of thiazole rings is 1. The molecule has 0 radical (unpaired) electrons. The third kappa shape index (κ3) is 3.26. The van der Waals surface area contributed by atoms with Gasteiger partial charge in [0.15, 0.2) is 4.96 Å². The Labute approximate surface area is 172 Å². The van der Waals surface area contributed by atoms with Gasteiger partial charge in [-0.3, -0.25) is 4.40 Å². The first-order valence-corrected chi connectivity index (χ1v) is 9.40. The summed E-state index contributed by atoms with van der Waals surface area (Å²) in [5, 5.41) is 7.64. The molecule has 3 heterocycles. The van der Waals surface area contributed by atoms with E-state index in [-0.39, 0.29) is 18.4 Å². The Hall–Kier alpha value is -1.84. The molecule has 0 atom stereocenters. The van der Waals surface area contributed by atoms with Crippen molar-refractivity contribution in [1.82, 2.24) is 9.38 Å². The highest BCUT2D eigenvalue weighted by atomic mass is 35.5. The second-order valence-electron chi connectivity index (χ2n) is 5.04. The number of benzene rings is 1. The SMILES string of the molecule is Cl.NC(N)=N/N=C/c1c(-c2cc(Cl)sc2Cl)nc2sc3ccccc3n12. The van der Waals surface area contributed by atoms with Crippen molar-refractivity contribution in [3.8, 4) is 11.3 Å². The lowest BCUT2D eigenvalue weighted by atomic mass is 10.2. The van der Waals surface area contributed by atoms with Crippen molar-refractivity contribution in [3.63, 3.8) is 0 Å². The van der Waals surface area contributed by atoms with Gasteiger partial charge >= 0.3 is 0 Å². The fraction of sp³-hybridized carbons (Fsp3) is 0. The number of guanidine groups is 1. The minimum Gasteiger partial charge on any atom is -0.369 e. The average Bonchev–Trinajstić information content (AvgIpc) is 3.19. The van der Waals surface area contributed by atoms with Crippen molar-refractivity contribution < 1.29 is 0 Å². The van der Waals surface area contributed by atoms with E-state index in [1.807, 2.05) is 28.7 Å². The Bertz CT molecular complexity index is 1150. The predicted octanol–water partition coefficient (Wildman–Crippen LogP) is 4.61. The number of nitrogens with two attached hydrogens (primary N) is 2. The van der Waals surface area contributed by atoms with Crippen LogP contribution < -0.4 is 11.5 Å². The topological polar surface area (TPSA) is 94.1 Å². The molecule has 0 spiro atoms. The van der Waals surface area contributed by atoms with Gasteiger partial charge in [0.05, 0.1) is 26.5 Å². The Balaban J connectivity index is 0.00000196. The van der Waals surface area contributed by atoms with Crippen LogP contribution in [0.5, 0.6) is 0 Å². The van der Waals surface area contributed by atoms with Crippen LogP contribution in [0, 0.1) is 0 Å². The number of imidazole rings is 1. The van der Waals surface area contributed by atoms with Gasteiger partial charge < -0.3 is 11.5 Å². The molecule has 0 amide bonds. The molecule has 0 saturated heterocycles. The molecule has 3 aromatic heterocycles. The Kier molecular flexibility index (Phi) is 5.40. The molecule has 4 aromatic rings. The van der Waals surface area contributed by atoms with Crippen LogP contribution in [-0.4, -0.2) is 21.6 Å². The summed E-state index contributed by atoms with van der Waals surface area (Å²) < 4.78 is 4.27.